The normalized spacial score (nSPS) is 12.9. The number of anilines is 2. The van der Waals surface area contributed by atoms with Crippen molar-refractivity contribution in [2.75, 3.05) is 23.8 Å². The van der Waals surface area contributed by atoms with Crippen molar-refractivity contribution in [3.05, 3.63) is 6.20 Å². The van der Waals surface area contributed by atoms with Crippen LogP contribution in [-0.4, -0.2) is 39.8 Å². The SMILES string of the molecule is CCCNc1nc(N(C)C(C)CC(C)C)c2cn[nH]c2n1. The molecule has 0 fully saturated rings. The molecule has 0 aliphatic heterocycles. The second-order valence-corrected chi connectivity index (χ2v) is 6.02. The molecule has 0 radical (unpaired) electrons. The maximum Gasteiger partial charge on any atom is 0.226 e. The first kappa shape index (κ1) is 15.5. The Labute approximate surface area is 126 Å². The summed E-state index contributed by atoms with van der Waals surface area (Å²) in [5.74, 6) is 2.24. The van der Waals surface area contributed by atoms with Crippen LogP contribution in [0.4, 0.5) is 11.8 Å². The molecule has 0 aliphatic carbocycles. The number of aromatic amines is 1. The average molecular weight is 290 g/mol. The van der Waals surface area contributed by atoms with Crippen molar-refractivity contribution < 1.29 is 0 Å². The van der Waals surface area contributed by atoms with Crippen molar-refractivity contribution in [2.45, 2.75) is 46.6 Å². The summed E-state index contributed by atoms with van der Waals surface area (Å²) in [6.45, 7) is 9.70. The van der Waals surface area contributed by atoms with E-state index >= 15 is 0 Å². The van der Waals surface area contributed by atoms with Gasteiger partial charge in [0.15, 0.2) is 5.65 Å². The number of fused-ring (bicyclic) bond motifs is 1. The third-order valence-corrected chi connectivity index (χ3v) is 3.63. The van der Waals surface area contributed by atoms with E-state index in [1.807, 2.05) is 0 Å². The zero-order valence-electron chi connectivity index (χ0n) is 13.6. The number of aromatic nitrogens is 4. The van der Waals surface area contributed by atoms with Crippen LogP contribution in [0.3, 0.4) is 0 Å². The molecule has 0 aromatic carbocycles. The molecular formula is C15H26N6. The Morgan fingerprint density at radius 2 is 2.05 bits per heavy atom. The topological polar surface area (TPSA) is 69.7 Å². The van der Waals surface area contributed by atoms with Gasteiger partial charge in [0, 0.05) is 19.6 Å². The minimum absolute atomic E-state index is 0.414. The van der Waals surface area contributed by atoms with Gasteiger partial charge in [0.05, 0.1) is 11.6 Å². The number of nitrogens with one attached hydrogen (secondary N) is 2. The molecule has 6 heteroatoms. The molecule has 0 spiro atoms. The van der Waals surface area contributed by atoms with Crippen molar-refractivity contribution in [1.29, 1.82) is 0 Å². The molecular weight excluding hydrogens is 264 g/mol. The highest BCUT2D eigenvalue weighted by Crippen LogP contribution is 2.25. The Balaban J connectivity index is 2.33. The first-order valence-electron chi connectivity index (χ1n) is 7.70. The first-order valence-corrected chi connectivity index (χ1v) is 7.70. The van der Waals surface area contributed by atoms with Crippen LogP contribution in [0.15, 0.2) is 6.20 Å². The summed E-state index contributed by atoms with van der Waals surface area (Å²) in [6, 6.07) is 0.414. The zero-order chi connectivity index (χ0) is 15.4. The fourth-order valence-electron chi connectivity index (χ4n) is 2.45. The van der Waals surface area contributed by atoms with Crippen LogP contribution in [0.25, 0.3) is 11.0 Å². The van der Waals surface area contributed by atoms with Gasteiger partial charge in [-0.25, -0.2) is 0 Å². The van der Waals surface area contributed by atoms with Gasteiger partial charge in [-0.1, -0.05) is 20.8 Å². The average Bonchev–Trinajstić information content (AvgIpc) is 2.90. The lowest BCUT2D eigenvalue weighted by Gasteiger charge is -2.28. The van der Waals surface area contributed by atoms with E-state index in [1.54, 1.807) is 6.20 Å². The molecule has 0 saturated heterocycles. The summed E-state index contributed by atoms with van der Waals surface area (Å²) in [6.07, 6.45) is 3.96. The minimum Gasteiger partial charge on any atom is -0.356 e. The monoisotopic (exact) mass is 290 g/mol. The van der Waals surface area contributed by atoms with E-state index in [4.69, 9.17) is 0 Å². The molecule has 21 heavy (non-hydrogen) atoms. The predicted octanol–water partition coefficient (Wildman–Crippen LogP) is 3.05. The van der Waals surface area contributed by atoms with E-state index in [9.17, 15) is 0 Å². The number of H-pyrrole nitrogens is 1. The molecule has 0 aliphatic rings. The maximum atomic E-state index is 4.68. The van der Waals surface area contributed by atoms with Crippen LogP contribution in [-0.2, 0) is 0 Å². The van der Waals surface area contributed by atoms with Gasteiger partial charge in [-0.2, -0.15) is 15.1 Å². The highest BCUT2D eigenvalue weighted by atomic mass is 15.3. The first-order chi connectivity index (χ1) is 10.0. The molecule has 2 N–H and O–H groups in total. The molecule has 0 bridgehead atoms. The molecule has 1 unspecified atom stereocenters. The second-order valence-electron chi connectivity index (χ2n) is 6.02. The number of nitrogens with zero attached hydrogens (tertiary/aromatic N) is 4. The summed E-state index contributed by atoms with van der Waals surface area (Å²) in [5.41, 5.74) is 0.780. The van der Waals surface area contributed by atoms with E-state index in [0.29, 0.717) is 17.9 Å². The predicted molar refractivity (Wildman–Crippen MR) is 87.8 cm³/mol. The quantitative estimate of drug-likeness (QED) is 0.820. The summed E-state index contributed by atoms with van der Waals surface area (Å²) in [4.78, 5) is 11.4. The Bertz CT molecular complexity index is 577. The van der Waals surface area contributed by atoms with Gasteiger partial charge < -0.3 is 10.2 Å². The number of rotatable bonds is 7. The zero-order valence-corrected chi connectivity index (χ0v) is 13.6. The fraction of sp³-hybridized carbons (Fsp3) is 0.667. The molecule has 0 saturated carbocycles. The molecule has 1 atom stereocenters. The van der Waals surface area contributed by atoms with E-state index in [1.165, 1.54) is 0 Å². The molecule has 6 nitrogen and oxygen atoms in total. The van der Waals surface area contributed by atoms with Crippen LogP contribution in [0.2, 0.25) is 0 Å². The van der Waals surface area contributed by atoms with Crippen LogP contribution < -0.4 is 10.2 Å². The highest BCUT2D eigenvalue weighted by Gasteiger charge is 2.18. The molecule has 2 aromatic heterocycles. The standard InChI is InChI=1S/C15H26N6/c1-6-7-16-15-18-13-12(9-17-20-13)14(19-15)21(5)11(4)8-10(2)3/h9-11H,6-8H2,1-5H3,(H2,16,17,18,19,20). The van der Waals surface area contributed by atoms with Gasteiger partial charge in [-0.3, -0.25) is 5.10 Å². The highest BCUT2D eigenvalue weighted by molar-refractivity contribution is 5.87. The van der Waals surface area contributed by atoms with Crippen LogP contribution in [0.5, 0.6) is 0 Å². The Hall–Kier alpha value is -1.85. The van der Waals surface area contributed by atoms with Gasteiger partial charge in [-0.05, 0) is 25.7 Å². The number of hydrogen-bond acceptors (Lipinski definition) is 5. The van der Waals surface area contributed by atoms with Crippen molar-refractivity contribution in [3.63, 3.8) is 0 Å². The largest absolute Gasteiger partial charge is 0.356 e. The van der Waals surface area contributed by atoms with Gasteiger partial charge in [-0.15, -0.1) is 0 Å². The molecule has 0 amide bonds. The van der Waals surface area contributed by atoms with Crippen molar-refractivity contribution in [3.8, 4) is 0 Å². The van der Waals surface area contributed by atoms with Crippen molar-refractivity contribution in [2.24, 2.45) is 5.92 Å². The van der Waals surface area contributed by atoms with Crippen molar-refractivity contribution in [1.82, 2.24) is 20.2 Å². The fourth-order valence-corrected chi connectivity index (χ4v) is 2.45. The van der Waals surface area contributed by atoms with Crippen LogP contribution in [0, 0.1) is 5.92 Å². The van der Waals surface area contributed by atoms with Gasteiger partial charge in [0.1, 0.15) is 5.82 Å². The summed E-state index contributed by atoms with van der Waals surface area (Å²) in [7, 11) is 2.09. The molecule has 2 aromatic rings. The third-order valence-electron chi connectivity index (χ3n) is 3.63. The third kappa shape index (κ3) is 3.62. The Morgan fingerprint density at radius 3 is 2.71 bits per heavy atom. The van der Waals surface area contributed by atoms with Crippen molar-refractivity contribution >= 4 is 22.8 Å². The van der Waals surface area contributed by atoms with E-state index in [-0.39, 0.29) is 0 Å². The lowest BCUT2D eigenvalue weighted by Crippen LogP contribution is -2.31. The molecule has 2 rings (SSSR count). The maximum absolute atomic E-state index is 4.68. The number of hydrogen-bond donors (Lipinski definition) is 2. The van der Waals surface area contributed by atoms with Gasteiger partial charge in [0.2, 0.25) is 5.95 Å². The Morgan fingerprint density at radius 1 is 1.29 bits per heavy atom. The lowest BCUT2D eigenvalue weighted by molar-refractivity contribution is 0.503. The van der Waals surface area contributed by atoms with E-state index < -0.39 is 0 Å². The Kier molecular flexibility index (Phi) is 4.98. The van der Waals surface area contributed by atoms with E-state index in [2.05, 4.69) is 65.1 Å². The van der Waals surface area contributed by atoms with Gasteiger partial charge in [0.25, 0.3) is 0 Å². The van der Waals surface area contributed by atoms with Crippen LogP contribution >= 0.6 is 0 Å². The summed E-state index contributed by atoms with van der Waals surface area (Å²) in [5, 5.41) is 11.3. The second kappa shape index (κ2) is 6.74. The van der Waals surface area contributed by atoms with Gasteiger partial charge >= 0.3 is 0 Å². The lowest BCUT2D eigenvalue weighted by atomic mass is 10.0. The minimum atomic E-state index is 0.414. The van der Waals surface area contributed by atoms with E-state index in [0.717, 1.165) is 36.2 Å². The smallest absolute Gasteiger partial charge is 0.226 e. The molecule has 116 valence electrons. The molecule has 2 heterocycles. The van der Waals surface area contributed by atoms with Crippen LogP contribution in [0.1, 0.15) is 40.5 Å². The summed E-state index contributed by atoms with van der Waals surface area (Å²) < 4.78 is 0. The summed E-state index contributed by atoms with van der Waals surface area (Å²) >= 11 is 0.